The highest BCUT2D eigenvalue weighted by atomic mass is 16.5. The minimum Gasteiger partial charge on any atom is -0.380 e. The Bertz CT molecular complexity index is 89.6. The van der Waals surface area contributed by atoms with Gasteiger partial charge in [0.2, 0.25) is 0 Å². The van der Waals surface area contributed by atoms with Crippen molar-refractivity contribution in [3.8, 4) is 0 Å². The second-order valence-corrected chi connectivity index (χ2v) is 3.37. The minimum atomic E-state index is 0.659. The molecule has 0 aromatic rings. The van der Waals surface area contributed by atoms with Crippen molar-refractivity contribution in [1.29, 1.82) is 0 Å². The summed E-state index contributed by atoms with van der Waals surface area (Å²) in [7, 11) is 0. The van der Waals surface area contributed by atoms with Crippen LogP contribution >= 0.6 is 0 Å². The van der Waals surface area contributed by atoms with Crippen LogP contribution in [-0.2, 0) is 4.74 Å². The lowest BCUT2D eigenvalue weighted by molar-refractivity contribution is 0.0907. The summed E-state index contributed by atoms with van der Waals surface area (Å²) in [4.78, 5) is 0. The summed E-state index contributed by atoms with van der Waals surface area (Å²) in [6.07, 6.45) is 6.95. The highest BCUT2D eigenvalue weighted by Crippen LogP contribution is 2.23. The molecule has 0 amide bonds. The molecule has 2 nitrogen and oxygen atoms in total. The van der Waals surface area contributed by atoms with Gasteiger partial charge in [0.25, 0.3) is 0 Å². The van der Waals surface area contributed by atoms with Gasteiger partial charge >= 0.3 is 0 Å². The third kappa shape index (κ3) is 3.73. The van der Waals surface area contributed by atoms with Crippen molar-refractivity contribution in [1.82, 2.24) is 0 Å². The smallest absolute Gasteiger partial charge is 0.0588 e. The van der Waals surface area contributed by atoms with Gasteiger partial charge in [0, 0.05) is 13.2 Å². The lowest BCUT2D eigenvalue weighted by atomic mass is 9.90. The number of ether oxygens (including phenoxy) is 1. The Morgan fingerprint density at radius 3 is 2.55 bits per heavy atom. The molecule has 1 aliphatic carbocycles. The fraction of sp³-hybridized carbons (Fsp3) is 1.00. The summed E-state index contributed by atoms with van der Waals surface area (Å²) in [5.74, 6) is 0.829. The number of nitrogens with two attached hydrogens (primary N) is 1. The Morgan fingerprint density at radius 2 is 1.91 bits per heavy atom. The highest BCUT2D eigenvalue weighted by Gasteiger charge is 2.12. The average Bonchev–Trinajstić information content (AvgIpc) is 2.07. The van der Waals surface area contributed by atoms with Crippen molar-refractivity contribution in [2.45, 2.75) is 32.1 Å². The quantitative estimate of drug-likeness (QED) is 0.628. The van der Waals surface area contributed by atoms with Crippen molar-refractivity contribution >= 4 is 0 Å². The Balaban J connectivity index is 1.96. The van der Waals surface area contributed by atoms with E-state index in [4.69, 9.17) is 10.5 Å². The topological polar surface area (TPSA) is 35.2 Å². The number of hydrogen-bond acceptors (Lipinski definition) is 2. The van der Waals surface area contributed by atoms with Crippen molar-refractivity contribution in [3.05, 3.63) is 0 Å². The molecule has 0 radical (unpaired) electrons. The van der Waals surface area contributed by atoms with Gasteiger partial charge in [-0.1, -0.05) is 19.3 Å². The summed E-state index contributed by atoms with van der Waals surface area (Å²) in [6.45, 7) is 2.33. The van der Waals surface area contributed by atoms with E-state index in [1.807, 2.05) is 0 Å². The van der Waals surface area contributed by atoms with Crippen LogP contribution in [0, 0.1) is 5.92 Å². The third-order valence-electron chi connectivity index (χ3n) is 2.34. The summed E-state index contributed by atoms with van der Waals surface area (Å²) < 4.78 is 5.40. The second kappa shape index (κ2) is 5.56. The van der Waals surface area contributed by atoms with Crippen molar-refractivity contribution in [2.24, 2.45) is 11.7 Å². The van der Waals surface area contributed by atoms with E-state index in [-0.39, 0.29) is 0 Å². The molecule has 66 valence electrons. The SMILES string of the molecule is NCCOCC1CCCCC1. The molecule has 2 N–H and O–H groups in total. The van der Waals surface area contributed by atoms with E-state index >= 15 is 0 Å². The van der Waals surface area contributed by atoms with E-state index in [1.165, 1.54) is 32.1 Å². The van der Waals surface area contributed by atoms with Crippen molar-refractivity contribution < 1.29 is 4.74 Å². The molecule has 0 saturated heterocycles. The number of hydrogen-bond donors (Lipinski definition) is 1. The monoisotopic (exact) mass is 157 g/mol. The second-order valence-electron chi connectivity index (χ2n) is 3.37. The van der Waals surface area contributed by atoms with Gasteiger partial charge in [-0.2, -0.15) is 0 Å². The van der Waals surface area contributed by atoms with E-state index in [0.717, 1.165) is 19.1 Å². The van der Waals surface area contributed by atoms with Crippen LogP contribution in [0.5, 0.6) is 0 Å². The Kier molecular flexibility index (Phi) is 4.55. The molecule has 2 heteroatoms. The minimum absolute atomic E-state index is 0.659. The van der Waals surface area contributed by atoms with Gasteiger partial charge < -0.3 is 10.5 Å². The van der Waals surface area contributed by atoms with Crippen LogP contribution in [0.3, 0.4) is 0 Å². The normalized spacial score (nSPS) is 20.5. The first kappa shape index (κ1) is 9.01. The molecule has 0 bridgehead atoms. The molecule has 11 heavy (non-hydrogen) atoms. The van der Waals surface area contributed by atoms with Crippen molar-refractivity contribution in [2.75, 3.05) is 19.8 Å². The lowest BCUT2D eigenvalue weighted by Gasteiger charge is -2.20. The molecule has 0 unspecified atom stereocenters. The van der Waals surface area contributed by atoms with Gasteiger partial charge in [-0.3, -0.25) is 0 Å². The Labute approximate surface area is 69.1 Å². The first-order valence-corrected chi connectivity index (χ1v) is 4.71. The first-order valence-electron chi connectivity index (χ1n) is 4.71. The molecule has 1 aliphatic rings. The summed E-state index contributed by atoms with van der Waals surface area (Å²) >= 11 is 0. The molecule has 0 heterocycles. The fourth-order valence-corrected chi connectivity index (χ4v) is 1.69. The van der Waals surface area contributed by atoms with E-state index < -0.39 is 0 Å². The van der Waals surface area contributed by atoms with Crippen LogP contribution in [-0.4, -0.2) is 19.8 Å². The molecule has 1 fully saturated rings. The maximum atomic E-state index is 5.40. The molecular formula is C9H19NO. The Hall–Kier alpha value is -0.0800. The van der Waals surface area contributed by atoms with Crippen LogP contribution in [0.4, 0.5) is 0 Å². The van der Waals surface area contributed by atoms with E-state index in [9.17, 15) is 0 Å². The maximum Gasteiger partial charge on any atom is 0.0588 e. The molecular weight excluding hydrogens is 138 g/mol. The van der Waals surface area contributed by atoms with Crippen LogP contribution in [0.1, 0.15) is 32.1 Å². The molecule has 0 spiro atoms. The summed E-state index contributed by atoms with van der Waals surface area (Å²) in [5.41, 5.74) is 5.32. The van der Waals surface area contributed by atoms with Gasteiger partial charge in [-0.15, -0.1) is 0 Å². The number of rotatable bonds is 4. The van der Waals surface area contributed by atoms with Crippen LogP contribution in [0.15, 0.2) is 0 Å². The largest absolute Gasteiger partial charge is 0.380 e. The zero-order valence-corrected chi connectivity index (χ0v) is 7.22. The molecule has 0 atom stereocenters. The zero-order chi connectivity index (χ0) is 7.94. The van der Waals surface area contributed by atoms with Gasteiger partial charge in [0.1, 0.15) is 0 Å². The molecule has 0 aromatic carbocycles. The highest BCUT2D eigenvalue weighted by molar-refractivity contribution is 4.64. The Morgan fingerprint density at radius 1 is 1.18 bits per heavy atom. The average molecular weight is 157 g/mol. The first-order chi connectivity index (χ1) is 5.43. The summed E-state index contributed by atoms with van der Waals surface area (Å²) in [5, 5.41) is 0. The summed E-state index contributed by atoms with van der Waals surface area (Å²) in [6, 6.07) is 0. The fourth-order valence-electron chi connectivity index (χ4n) is 1.69. The van der Waals surface area contributed by atoms with E-state index in [2.05, 4.69) is 0 Å². The molecule has 1 saturated carbocycles. The molecule has 1 rings (SSSR count). The van der Waals surface area contributed by atoms with Crippen molar-refractivity contribution in [3.63, 3.8) is 0 Å². The predicted molar refractivity (Wildman–Crippen MR) is 46.4 cm³/mol. The van der Waals surface area contributed by atoms with Gasteiger partial charge in [0.05, 0.1) is 6.61 Å². The predicted octanol–water partition coefficient (Wildman–Crippen LogP) is 1.54. The molecule has 0 aromatic heterocycles. The van der Waals surface area contributed by atoms with Crippen LogP contribution < -0.4 is 5.73 Å². The molecule has 0 aliphatic heterocycles. The van der Waals surface area contributed by atoms with Gasteiger partial charge in [-0.25, -0.2) is 0 Å². The third-order valence-corrected chi connectivity index (χ3v) is 2.34. The van der Waals surface area contributed by atoms with Gasteiger partial charge in [0.15, 0.2) is 0 Å². The van der Waals surface area contributed by atoms with Crippen LogP contribution in [0.2, 0.25) is 0 Å². The zero-order valence-electron chi connectivity index (χ0n) is 7.22. The van der Waals surface area contributed by atoms with Crippen LogP contribution in [0.25, 0.3) is 0 Å². The van der Waals surface area contributed by atoms with Gasteiger partial charge in [-0.05, 0) is 18.8 Å². The van der Waals surface area contributed by atoms with E-state index in [0.29, 0.717) is 6.54 Å². The maximum absolute atomic E-state index is 5.40. The lowest BCUT2D eigenvalue weighted by Crippen LogP contribution is -2.16. The van der Waals surface area contributed by atoms with E-state index in [1.54, 1.807) is 0 Å². The standard InChI is InChI=1S/C9H19NO/c10-6-7-11-8-9-4-2-1-3-5-9/h9H,1-8,10H2.